The quantitative estimate of drug-likeness (QED) is 0.520. The van der Waals surface area contributed by atoms with Crippen LogP contribution in [-0.4, -0.2) is 43.0 Å². The van der Waals surface area contributed by atoms with Crippen LogP contribution >= 0.6 is 0 Å². The Morgan fingerprint density at radius 2 is 1.90 bits per heavy atom. The number of hydrogen-bond donors (Lipinski definition) is 2. The van der Waals surface area contributed by atoms with E-state index in [0.29, 0.717) is 18.2 Å². The minimum Gasteiger partial charge on any atom is -0.491 e. The van der Waals surface area contributed by atoms with Crippen molar-refractivity contribution in [1.82, 2.24) is 18.7 Å². The van der Waals surface area contributed by atoms with Gasteiger partial charge in [-0.05, 0) is 18.6 Å². The highest BCUT2D eigenvalue weighted by molar-refractivity contribution is 5.74. The zero-order valence-corrected chi connectivity index (χ0v) is 17.0. The Hall–Kier alpha value is -3.07. The number of aryl methyl sites for hydroxylation is 1. The van der Waals surface area contributed by atoms with Crippen molar-refractivity contribution in [2.45, 2.75) is 32.4 Å². The summed E-state index contributed by atoms with van der Waals surface area (Å²) in [4.78, 5) is 29.5. The SMILES string of the molecule is CCCCNc1nc2c(c(=O)n(C)c(=O)n2C)n1C[C@@H](O)COc1ccccc1. The minimum absolute atomic E-state index is 0.0597. The fraction of sp³-hybridized carbons (Fsp3) is 0.450. The van der Waals surface area contributed by atoms with Crippen LogP contribution in [0, 0.1) is 0 Å². The lowest BCUT2D eigenvalue weighted by atomic mass is 10.3. The van der Waals surface area contributed by atoms with Crippen LogP contribution in [-0.2, 0) is 20.6 Å². The highest BCUT2D eigenvalue weighted by Crippen LogP contribution is 2.17. The van der Waals surface area contributed by atoms with Crippen LogP contribution in [0.5, 0.6) is 5.75 Å². The molecule has 0 fully saturated rings. The predicted molar refractivity (Wildman–Crippen MR) is 112 cm³/mol. The van der Waals surface area contributed by atoms with Crippen molar-refractivity contribution >= 4 is 17.1 Å². The maximum atomic E-state index is 12.8. The third kappa shape index (κ3) is 4.34. The molecule has 2 N–H and O–H groups in total. The molecule has 0 aliphatic heterocycles. The van der Waals surface area contributed by atoms with E-state index in [1.165, 1.54) is 11.6 Å². The number of hydrogen-bond acceptors (Lipinski definition) is 6. The van der Waals surface area contributed by atoms with Gasteiger partial charge in [-0.3, -0.25) is 13.9 Å². The number of nitrogens with one attached hydrogen (secondary N) is 1. The maximum absolute atomic E-state index is 12.8. The summed E-state index contributed by atoms with van der Waals surface area (Å²) in [7, 11) is 3.01. The second-order valence-electron chi connectivity index (χ2n) is 6.98. The molecule has 29 heavy (non-hydrogen) atoms. The molecule has 3 aromatic rings. The zero-order valence-electron chi connectivity index (χ0n) is 17.0. The molecule has 0 saturated carbocycles. The summed E-state index contributed by atoms with van der Waals surface area (Å²) in [5.74, 6) is 1.10. The molecule has 0 amide bonds. The number of aliphatic hydroxyl groups excluding tert-OH is 1. The van der Waals surface area contributed by atoms with Gasteiger partial charge in [-0.25, -0.2) is 4.79 Å². The molecule has 0 radical (unpaired) electrons. The third-order valence-electron chi connectivity index (χ3n) is 4.74. The Labute approximate surface area is 168 Å². The Bertz CT molecular complexity index is 1080. The van der Waals surface area contributed by atoms with E-state index < -0.39 is 17.4 Å². The summed E-state index contributed by atoms with van der Waals surface area (Å²) >= 11 is 0. The fourth-order valence-corrected chi connectivity index (χ4v) is 3.11. The molecule has 0 bridgehead atoms. The molecular weight excluding hydrogens is 374 g/mol. The number of anilines is 1. The van der Waals surface area contributed by atoms with Gasteiger partial charge in [0.15, 0.2) is 11.2 Å². The standard InChI is InChI=1S/C20H27N5O4/c1-4-5-11-21-19-22-17-16(18(27)24(3)20(28)23(17)2)25(19)12-14(26)13-29-15-9-7-6-8-10-15/h6-10,14,26H,4-5,11-13H2,1-3H3,(H,21,22)/t14-/m1/s1. The smallest absolute Gasteiger partial charge is 0.332 e. The normalized spacial score (nSPS) is 12.3. The molecule has 0 aliphatic rings. The summed E-state index contributed by atoms with van der Waals surface area (Å²) in [5.41, 5.74) is -0.337. The van der Waals surface area contributed by atoms with Gasteiger partial charge in [-0.15, -0.1) is 0 Å². The molecule has 0 spiro atoms. The van der Waals surface area contributed by atoms with E-state index in [2.05, 4.69) is 17.2 Å². The Morgan fingerprint density at radius 1 is 1.17 bits per heavy atom. The number of ether oxygens (including phenoxy) is 1. The highest BCUT2D eigenvalue weighted by atomic mass is 16.5. The van der Waals surface area contributed by atoms with Gasteiger partial charge in [0.05, 0.1) is 6.54 Å². The lowest BCUT2D eigenvalue weighted by Crippen LogP contribution is -2.38. The number of imidazole rings is 1. The van der Waals surface area contributed by atoms with E-state index in [1.807, 2.05) is 30.3 Å². The minimum atomic E-state index is -0.874. The van der Waals surface area contributed by atoms with Gasteiger partial charge in [0.2, 0.25) is 5.95 Å². The first-order valence-electron chi connectivity index (χ1n) is 9.70. The van der Waals surface area contributed by atoms with E-state index in [-0.39, 0.29) is 24.3 Å². The Morgan fingerprint density at radius 3 is 2.59 bits per heavy atom. The van der Waals surface area contributed by atoms with Crippen LogP contribution in [0.1, 0.15) is 19.8 Å². The van der Waals surface area contributed by atoms with Crippen molar-refractivity contribution in [1.29, 1.82) is 0 Å². The summed E-state index contributed by atoms with van der Waals surface area (Å²) in [6.45, 7) is 2.91. The largest absolute Gasteiger partial charge is 0.491 e. The molecule has 0 unspecified atom stereocenters. The van der Waals surface area contributed by atoms with Crippen molar-refractivity contribution in [3.05, 3.63) is 51.2 Å². The van der Waals surface area contributed by atoms with Crippen LogP contribution in [0.2, 0.25) is 0 Å². The summed E-state index contributed by atoms with van der Waals surface area (Å²) < 4.78 is 9.64. The van der Waals surface area contributed by atoms with Crippen LogP contribution in [0.3, 0.4) is 0 Å². The van der Waals surface area contributed by atoms with Gasteiger partial charge in [0, 0.05) is 20.6 Å². The van der Waals surface area contributed by atoms with Crippen LogP contribution in [0.15, 0.2) is 39.9 Å². The number of aliphatic hydroxyl groups is 1. The van der Waals surface area contributed by atoms with Crippen LogP contribution < -0.4 is 21.3 Å². The number of fused-ring (bicyclic) bond motifs is 1. The molecule has 9 heteroatoms. The third-order valence-corrected chi connectivity index (χ3v) is 4.74. The number of nitrogens with zero attached hydrogens (tertiary/aromatic N) is 4. The monoisotopic (exact) mass is 401 g/mol. The number of unbranched alkanes of at least 4 members (excludes halogenated alkanes) is 1. The summed E-state index contributed by atoms with van der Waals surface area (Å²) in [5, 5.41) is 13.8. The van der Waals surface area contributed by atoms with Gasteiger partial charge >= 0.3 is 5.69 Å². The van der Waals surface area contributed by atoms with Crippen molar-refractivity contribution in [2.75, 3.05) is 18.5 Å². The van der Waals surface area contributed by atoms with Gasteiger partial charge in [-0.1, -0.05) is 31.5 Å². The van der Waals surface area contributed by atoms with E-state index >= 15 is 0 Å². The van der Waals surface area contributed by atoms with Gasteiger partial charge in [0.25, 0.3) is 5.56 Å². The first kappa shape index (κ1) is 20.7. The van der Waals surface area contributed by atoms with Crippen LogP contribution in [0.25, 0.3) is 11.2 Å². The summed E-state index contributed by atoms with van der Waals surface area (Å²) in [6, 6.07) is 9.20. The van der Waals surface area contributed by atoms with Crippen molar-refractivity contribution in [3.8, 4) is 5.75 Å². The lowest BCUT2D eigenvalue weighted by Gasteiger charge is -2.16. The van der Waals surface area contributed by atoms with Crippen LogP contribution in [0.4, 0.5) is 5.95 Å². The van der Waals surface area contributed by atoms with Crippen molar-refractivity contribution < 1.29 is 9.84 Å². The van der Waals surface area contributed by atoms with Gasteiger partial charge in [0.1, 0.15) is 18.5 Å². The molecule has 3 rings (SSSR count). The second-order valence-corrected chi connectivity index (χ2v) is 6.98. The first-order chi connectivity index (χ1) is 13.9. The summed E-state index contributed by atoms with van der Waals surface area (Å²) in [6.07, 6.45) is 1.06. The first-order valence-corrected chi connectivity index (χ1v) is 9.70. The highest BCUT2D eigenvalue weighted by Gasteiger charge is 2.21. The number of rotatable bonds is 9. The van der Waals surface area contributed by atoms with E-state index in [1.54, 1.807) is 11.6 Å². The van der Waals surface area contributed by atoms with Crippen molar-refractivity contribution in [3.63, 3.8) is 0 Å². The van der Waals surface area contributed by atoms with Crippen molar-refractivity contribution in [2.24, 2.45) is 14.1 Å². The molecule has 1 atom stereocenters. The second kappa shape index (κ2) is 8.95. The molecule has 156 valence electrons. The number of benzene rings is 1. The molecular formula is C20H27N5O4. The average Bonchev–Trinajstić information content (AvgIpc) is 3.08. The molecule has 2 aromatic heterocycles. The molecule has 0 aliphatic carbocycles. The zero-order chi connectivity index (χ0) is 21.0. The molecule has 1 aromatic carbocycles. The average molecular weight is 401 g/mol. The maximum Gasteiger partial charge on any atom is 0.332 e. The Kier molecular flexibility index (Phi) is 6.38. The fourth-order valence-electron chi connectivity index (χ4n) is 3.11. The lowest BCUT2D eigenvalue weighted by molar-refractivity contribution is 0.0938. The van der Waals surface area contributed by atoms with E-state index in [0.717, 1.165) is 17.4 Å². The topological polar surface area (TPSA) is 103 Å². The van der Waals surface area contributed by atoms with E-state index in [9.17, 15) is 14.7 Å². The molecule has 2 heterocycles. The van der Waals surface area contributed by atoms with E-state index in [4.69, 9.17) is 4.74 Å². The predicted octanol–water partition coefficient (Wildman–Crippen LogP) is 1.09. The number of para-hydroxylation sites is 1. The number of aromatic nitrogens is 4. The molecule has 0 saturated heterocycles. The van der Waals surface area contributed by atoms with Gasteiger partial charge < -0.3 is 19.7 Å². The Balaban J connectivity index is 1.94. The molecule has 9 nitrogen and oxygen atoms in total. The van der Waals surface area contributed by atoms with Gasteiger partial charge in [-0.2, -0.15) is 4.98 Å².